The molecule has 2 aromatic heterocycles. The summed E-state index contributed by atoms with van der Waals surface area (Å²) < 4.78 is 11.4. The molecule has 0 spiro atoms. The third-order valence-corrected chi connectivity index (χ3v) is 6.15. The predicted molar refractivity (Wildman–Crippen MR) is 143 cm³/mol. The lowest BCUT2D eigenvalue weighted by atomic mass is 10.1. The Balaban J connectivity index is 0.00000124. The first-order chi connectivity index (χ1) is 17.2. The number of nitrogens with zero attached hydrogens (tertiary/aromatic N) is 3. The molecule has 1 aliphatic rings. The molecule has 1 fully saturated rings. The van der Waals surface area contributed by atoms with E-state index in [-0.39, 0.29) is 0 Å². The summed E-state index contributed by atoms with van der Waals surface area (Å²) in [5.41, 5.74) is 4.09. The van der Waals surface area contributed by atoms with Crippen molar-refractivity contribution in [2.45, 2.75) is 13.8 Å². The van der Waals surface area contributed by atoms with Gasteiger partial charge in [0.2, 0.25) is 0 Å². The average Bonchev–Trinajstić information content (AvgIpc) is 3.30. The van der Waals surface area contributed by atoms with E-state index in [2.05, 4.69) is 39.1 Å². The summed E-state index contributed by atoms with van der Waals surface area (Å²) in [7, 11) is 0. The van der Waals surface area contributed by atoms with E-state index in [1.807, 2.05) is 62.4 Å². The van der Waals surface area contributed by atoms with E-state index in [1.54, 1.807) is 0 Å². The Morgan fingerprint density at radius 3 is 2.40 bits per heavy atom. The van der Waals surface area contributed by atoms with Crippen molar-refractivity contribution in [2.75, 3.05) is 31.2 Å². The van der Waals surface area contributed by atoms with Crippen LogP contribution in [-0.4, -0.2) is 41.3 Å². The van der Waals surface area contributed by atoms with Crippen molar-refractivity contribution in [3.8, 4) is 23.0 Å². The molecule has 6 rings (SSSR count). The van der Waals surface area contributed by atoms with Crippen molar-refractivity contribution in [2.24, 2.45) is 0 Å². The highest BCUT2D eigenvalue weighted by Crippen LogP contribution is 2.32. The summed E-state index contributed by atoms with van der Waals surface area (Å²) in [4.78, 5) is 14.7. The lowest BCUT2D eigenvalue weighted by molar-refractivity contribution is 0.122. The van der Waals surface area contributed by atoms with Crippen molar-refractivity contribution in [1.82, 2.24) is 15.0 Å². The van der Waals surface area contributed by atoms with Crippen LogP contribution in [0, 0.1) is 0 Å². The number of benzene rings is 3. The second kappa shape index (κ2) is 10.3. The molecule has 5 aromatic rings. The summed E-state index contributed by atoms with van der Waals surface area (Å²) in [6.07, 6.45) is 0. The van der Waals surface area contributed by atoms with Crippen LogP contribution >= 0.6 is 11.6 Å². The minimum absolute atomic E-state index is 0.378. The fourth-order valence-electron chi connectivity index (χ4n) is 4.14. The van der Waals surface area contributed by atoms with Gasteiger partial charge < -0.3 is 19.4 Å². The van der Waals surface area contributed by atoms with Crippen molar-refractivity contribution >= 4 is 39.2 Å². The second-order valence-corrected chi connectivity index (χ2v) is 8.40. The number of imidazole rings is 1. The minimum atomic E-state index is 0.378. The Labute approximate surface area is 209 Å². The van der Waals surface area contributed by atoms with E-state index >= 15 is 0 Å². The molecule has 0 bridgehead atoms. The number of ether oxygens (including phenoxy) is 2. The third kappa shape index (κ3) is 4.94. The highest BCUT2D eigenvalue weighted by molar-refractivity contribution is 6.33. The fourth-order valence-corrected chi connectivity index (χ4v) is 4.40. The maximum atomic E-state index is 6.58. The van der Waals surface area contributed by atoms with E-state index < -0.39 is 0 Å². The number of hydrogen-bond acceptors (Lipinski definition) is 5. The Morgan fingerprint density at radius 2 is 1.63 bits per heavy atom. The first-order valence-electron chi connectivity index (χ1n) is 11.9. The van der Waals surface area contributed by atoms with Crippen LogP contribution in [0.2, 0.25) is 5.02 Å². The van der Waals surface area contributed by atoms with Gasteiger partial charge in [0.15, 0.2) is 5.65 Å². The number of rotatable bonds is 4. The van der Waals surface area contributed by atoms with E-state index in [4.69, 9.17) is 26.1 Å². The number of morpholine rings is 1. The van der Waals surface area contributed by atoms with Crippen molar-refractivity contribution in [1.29, 1.82) is 0 Å². The van der Waals surface area contributed by atoms with E-state index in [9.17, 15) is 0 Å². The Kier molecular flexibility index (Phi) is 6.84. The topological polar surface area (TPSA) is 63.3 Å². The maximum absolute atomic E-state index is 6.58. The predicted octanol–water partition coefficient (Wildman–Crippen LogP) is 7.09. The largest absolute Gasteiger partial charge is 0.426 e. The average molecular weight is 487 g/mol. The Bertz CT molecular complexity index is 1440. The summed E-state index contributed by atoms with van der Waals surface area (Å²) in [5.74, 6) is 0.706. The zero-order chi connectivity index (χ0) is 24.2. The molecule has 1 saturated heterocycles. The summed E-state index contributed by atoms with van der Waals surface area (Å²) in [6, 6.07) is 24.6. The summed E-state index contributed by atoms with van der Waals surface area (Å²) in [6.45, 7) is 7.32. The highest BCUT2D eigenvalue weighted by atomic mass is 35.5. The number of halogens is 1. The smallest absolute Gasteiger partial charge is 0.301 e. The van der Waals surface area contributed by atoms with Crippen LogP contribution in [0.25, 0.3) is 33.2 Å². The monoisotopic (exact) mass is 486 g/mol. The molecule has 7 heteroatoms. The zero-order valence-corrected chi connectivity index (χ0v) is 20.5. The highest BCUT2D eigenvalue weighted by Gasteiger charge is 2.15. The third-order valence-electron chi connectivity index (χ3n) is 5.86. The molecular formula is C28H27ClN4O2. The minimum Gasteiger partial charge on any atom is -0.426 e. The van der Waals surface area contributed by atoms with Gasteiger partial charge >= 0.3 is 6.01 Å². The standard InChI is InChI=1S/C26H21ClN4O2.C2H6/c27-22-16-23-25(29-24(22)18-5-8-20(9-6-18)31-11-13-32-14-12-31)30-26(28-23)33-21-10-7-17-3-1-2-4-19(17)15-21;1-2/h1-10,15-16H,11-14H2,(H,28,29,30);1-2H3. The number of aromatic nitrogens is 3. The molecule has 0 unspecified atom stereocenters. The van der Waals surface area contributed by atoms with Crippen LogP contribution in [0.1, 0.15) is 13.8 Å². The maximum Gasteiger partial charge on any atom is 0.301 e. The second-order valence-electron chi connectivity index (χ2n) is 7.99. The lowest BCUT2D eigenvalue weighted by Gasteiger charge is -2.28. The van der Waals surface area contributed by atoms with E-state index in [0.29, 0.717) is 28.1 Å². The van der Waals surface area contributed by atoms with Gasteiger partial charge in [-0.1, -0.05) is 67.9 Å². The van der Waals surface area contributed by atoms with Crippen LogP contribution < -0.4 is 9.64 Å². The van der Waals surface area contributed by atoms with Crippen LogP contribution in [-0.2, 0) is 4.74 Å². The molecule has 6 nitrogen and oxygen atoms in total. The van der Waals surface area contributed by atoms with Gasteiger partial charge in [-0.25, -0.2) is 4.98 Å². The van der Waals surface area contributed by atoms with Gasteiger partial charge in [-0.05, 0) is 41.1 Å². The van der Waals surface area contributed by atoms with Gasteiger partial charge in [0.25, 0.3) is 0 Å². The number of aromatic amines is 1. The molecule has 3 aromatic carbocycles. The quantitative estimate of drug-likeness (QED) is 0.294. The molecule has 0 atom stereocenters. The zero-order valence-electron chi connectivity index (χ0n) is 19.8. The molecule has 0 aliphatic carbocycles. The van der Waals surface area contributed by atoms with Gasteiger partial charge in [-0.2, -0.15) is 4.98 Å². The molecule has 0 amide bonds. The first-order valence-corrected chi connectivity index (χ1v) is 12.3. The molecule has 178 valence electrons. The molecule has 1 aliphatic heterocycles. The van der Waals surface area contributed by atoms with Crippen LogP contribution in [0.15, 0.2) is 72.8 Å². The number of nitrogens with one attached hydrogen (secondary N) is 1. The molecule has 35 heavy (non-hydrogen) atoms. The molecule has 0 radical (unpaired) electrons. The Hall–Kier alpha value is -3.61. The number of anilines is 1. The van der Waals surface area contributed by atoms with Crippen molar-refractivity contribution in [3.05, 3.63) is 77.8 Å². The van der Waals surface area contributed by atoms with Gasteiger partial charge in [0.1, 0.15) is 5.75 Å². The van der Waals surface area contributed by atoms with Gasteiger partial charge in [-0.3, -0.25) is 0 Å². The van der Waals surface area contributed by atoms with E-state index in [1.165, 1.54) is 5.69 Å². The fraction of sp³-hybridized carbons (Fsp3) is 0.214. The molecule has 3 heterocycles. The van der Waals surface area contributed by atoms with Gasteiger partial charge in [0.05, 0.1) is 29.4 Å². The molecular weight excluding hydrogens is 460 g/mol. The first kappa shape index (κ1) is 23.1. The number of pyridine rings is 1. The summed E-state index contributed by atoms with van der Waals surface area (Å²) >= 11 is 6.58. The molecule has 1 N–H and O–H groups in total. The van der Waals surface area contributed by atoms with Gasteiger partial charge in [0, 0.05) is 24.3 Å². The number of hydrogen-bond donors (Lipinski definition) is 1. The number of fused-ring (bicyclic) bond motifs is 2. The van der Waals surface area contributed by atoms with Crippen molar-refractivity contribution < 1.29 is 9.47 Å². The Morgan fingerprint density at radius 1 is 0.886 bits per heavy atom. The van der Waals surface area contributed by atoms with Gasteiger partial charge in [-0.15, -0.1) is 0 Å². The normalized spacial score (nSPS) is 13.5. The van der Waals surface area contributed by atoms with Crippen LogP contribution in [0.4, 0.5) is 5.69 Å². The molecule has 0 saturated carbocycles. The number of H-pyrrole nitrogens is 1. The van der Waals surface area contributed by atoms with E-state index in [0.717, 1.165) is 48.2 Å². The SMILES string of the molecule is CC.Clc1cc2[nH]c(Oc3ccc4ccccc4c3)nc2nc1-c1ccc(N2CCOCC2)cc1. The van der Waals surface area contributed by atoms with Crippen LogP contribution in [0.3, 0.4) is 0 Å². The van der Waals surface area contributed by atoms with Crippen LogP contribution in [0.5, 0.6) is 11.8 Å². The summed E-state index contributed by atoms with van der Waals surface area (Å²) in [5, 5.41) is 2.82. The lowest BCUT2D eigenvalue weighted by Crippen LogP contribution is -2.36. The van der Waals surface area contributed by atoms with Crippen molar-refractivity contribution in [3.63, 3.8) is 0 Å².